The molecular formula is C26H31FN4O. The number of anilines is 2. The van der Waals surface area contributed by atoms with Gasteiger partial charge in [0.15, 0.2) is 0 Å². The number of likely N-dealkylation sites (tertiary alicyclic amines) is 1. The average Bonchev–Trinajstić information content (AvgIpc) is 2.79. The average molecular weight is 435 g/mol. The number of nitrogens with one attached hydrogen (secondary N) is 1. The van der Waals surface area contributed by atoms with E-state index in [1.165, 1.54) is 12.1 Å². The van der Waals surface area contributed by atoms with Gasteiger partial charge in [0.2, 0.25) is 5.91 Å². The Kier molecular flexibility index (Phi) is 8.31. The van der Waals surface area contributed by atoms with Crippen molar-refractivity contribution in [3.63, 3.8) is 0 Å². The van der Waals surface area contributed by atoms with Gasteiger partial charge in [-0.3, -0.25) is 4.79 Å². The highest BCUT2D eigenvalue weighted by Gasteiger charge is 2.25. The molecule has 168 valence electrons. The van der Waals surface area contributed by atoms with Crippen LogP contribution in [0.4, 0.5) is 15.9 Å². The number of halogens is 1. The van der Waals surface area contributed by atoms with Crippen molar-refractivity contribution in [2.75, 3.05) is 18.4 Å². The molecule has 1 aromatic carbocycles. The molecule has 3 rings (SSSR count). The number of nitrogens with zero attached hydrogens (tertiary/aromatic N) is 3. The fourth-order valence-electron chi connectivity index (χ4n) is 3.75. The molecule has 6 heteroatoms. The Labute approximate surface area is 189 Å². The molecule has 1 N–H and O–H groups in total. The maximum Gasteiger partial charge on any atom is 0.219 e. The van der Waals surface area contributed by atoms with Gasteiger partial charge in [0.1, 0.15) is 17.5 Å². The molecule has 32 heavy (non-hydrogen) atoms. The van der Waals surface area contributed by atoms with Gasteiger partial charge >= 0.3 is 0 Å². The molecule has 0 bridgehead atoms. The zero-order valence-electron chi connectivity index (χ0n) is 19.0. The number of rotatable bonds is 7. The molecule has 1 aliphatic rings. The van der Waals surface area contributed by atoms with E-state index in [2.05, 4.69) is 18.3 Å². The number of carbonyl (C=O) groups excluding carboxylic acids is 1. The summed E-state index contributed by atoms with van der Waals surface area (Å²) < 4.78 is 13.7. The highest BCUT2D eigenvalue weighted by molar-refractivity contribution is 5.74. The van der Waals surface area contributed by atoms with Crippen molar-refractivity contribution in [1.29, 1.82) is 0 Å². The lowest BCUT2D eigenvalue weighted by Crippen LogP contribution is -2.38. The van der Waals surface area contributed by atoms with E-state index in [9.17, 15) is 9.18 Å². The summed E-state index contributed by atoms with van der Waals surface area (Å²) in [5.74, 6) is 1.12. The summed E-state index contributed by atoms with van der Waals surface area (Å²) in [6.07, 6.45) is 13.0. The standard InChI is InChI=1S/C26H31FN4O/c1-4-6-7-8-11-20(5-2)24-17-25(28-23-14-9-13-22(27)16-23)30-26(29-24)21-12-10-15-31(18-21)19(3)32/h5-9,11,13-14,16-17,21H,4,10,12,15,18H2,1-3H3,(H,28,29,30)/b7-6+,11-8-,20-5+. The molecular weight excluding hydrogens is 403 g/mol. The zero-order valence-corrected chi connectivity index (χ0v) is 19.0. The highest BCUT2D eigenvalue weighted by Crippen LogP contribution is 2.28. The number of allylic oxidation sites excluding steroid dienone is 6. The van der Waals surface area contributed by atoms with Gasteiger partial charge in [-0.05, 0) is 50.0 Å². The zero-order chi connectivity index (χ0) is 22.9. The fourth-order valence-corrected chi connectivity index (χ4v) is 3.75. The normalized spacial score (nSPS) is 17.3. The quantitative estimate of drug-likeness (QED) is 0.542. The lowest BCUT2D eigenvalue weighted by Gasteiger charge is -2.31. The van der Waals surface area contributed by atoms with Crippen molar-refractivity contribution in [3.05, 3.63) is 78.0 Å². The fraction of sp³-hybridized carbons (Fsp3) is 0.346. The van der Waals surface area contributed by atoms with Crippen LogP contribution in [-0.2, 0) is 4.79 Å². The minimum absolute atomic E-state index is 0.0581. The first kappa shape index (κ1) is 23.4. The molecule has 2 aromatic rings. The topological polar surface area (TPSA) is 58.1 Å². The van der Waals surface area contributed by atoms with E-state index in [0.29, 0.717) is 23.9 Å². The van der Waals surface area contributed by atoms with Gasteiger partial charge < -0.3 is 10.2 Å². The maximum absolute atomic E-state index is 13.7. The predicted octanol–water partition coefficient (Wildman–Crippen LogP) is 6.01. The third-order valence-corrected chi connectivity index (χ3v) is 5.44. The lowest BCUT2D eigenvalue weighted by atomic mass is 9.96. The first-order valence-corrected chi connectivity index (χ1v) is 11.2. The Balaban J connectivity index is 1.98. The Morgan fingerprint density at radius 2 is 2.12 bits per heavy atom. The summed E-state index contributed by atoms with van der Waals surface area (Å²) >= 11 is 0. The van der Waals surface area contributed by atoms with E-state index in [1.807, 2.05) is 42.2 Å². The highest BCUT2D eigenvalue weighted by atomic mass is 19.1. The molecule has 0 radical (unpaired) electrons. The summed E-state index contributed by atoms with van der Waals surface area (Å²) in [7, 11) is 0. The Morgan fingerprint density at radius 3 is 2.84 bits per heavy atom. The molecule has 2 heterocycles. The molecule has 0 spiro atoms. The van der Waals surface area contributed by atoms with Crippen LogP contribution in [0.5, 0.6) is 0 Å². The molecule has 1 saturated heterocycles. The largest absolute Gasteiger partial charge is 0.342 e. The molecule has 1 aromatic heterocycles. The van der Waals surface area contributed by atoms with Crippen molar-refractivity contribution >= 4 is 23.0 Å². The molecule has 1 unspecified atom stereocenters. The van der Waals surface area contributed by atoms with E-state index in [4.69, 9.17) is 9.97 Å². The SMILES string of the molecule is C\C=C(/C=C\C=C\CC)c1cc(Nc2cccc(F)c2)nc(C2CCCN(C(C)=O)C2)n1. The molecule has 0 aliphatic carbocycles. The summed E-state index contributed by atoms with van der Waals surface area (Å²) in [6, 6.07) is 8.18. The number of amides is 1. The van der Waals surface area contributed by atoms with E-state index >= 15 is 0 Å². The van der Waals surface area contributed by atoms with Gasteiger partial charge in [-0.1, -0.05) is 43.4 Å². The summed E-state index contributed by atoms with van der Waals surface area (Å²) in [5, 5.41) is 3.22. The van der Waals surface area contributed by atoms with Crippen LogP contribution in [0, 0.1) is 5.82 Å². The third-order valence-electron chi connectivity index (χ3n) is 5.44. The van der Waals surface area contributed by atoms with Gasteiger partial charge in [0.25, 0.3) is 0 Å². The minimum Gasteiger partial charge on any atom is -0.342 e. The first-order valence-electron chi connectivity index (χ1n) is 11.2. The Bertz CT molecular complexity index is 1030. The second-order valence-electron chi connectivity index (χ2n) is 7.88. The predicted molar refractivity (Wildman–Crippen MR) is 128 cm³/mol. The number of benzene rings is 1. The summed E-state index contributed by atoms with van der Waals surface area (Å²) in [4.78, 5) is 23.4. The van der Waals surface area contributed by atoms with Crippen molar-refractivity contribution in [3.8, 4) is 0 Å². The number of aromatic nitrogens is 2. The number of piperidine rings is 1. The number of hydrogen-bond acceptors (Lipinski definition) is 4. The van der Waals surface area contributed by atoms with Gasteiger partial charge in [-0.25, -0.2) is 14.4 Å². The van der Waals surface area contributed by atoms with Crippen molar-refractivity contribution < 1.29 is 9.18 Å². The molecule has 5 nitrogen and oxygen atoms in total. The third kappa shape index (κ3) is 6.36. The van der Waals surface area contributed by atoms with Gasteiger partial charge in [-0.15, -0.1) is 0 Å². The van der Waals surface area contributed by atoms with Gasteiger partial charge in [0, 0.05) is 37.7 Å². The van der Waals surface area contributed by atoms with Crippen molar-refractivity contribution in [1.82, 2.24) is 14.9 Å². The van der Waals surface area contributed by atoms with Gasteiger partial charge in [0.05, 0.1) is 5.69 Å². The first-order chi connectivity index (χ1) is 15.5. The van der Waals surface area contributed by atoms with Crippen LogP contribution in [-0.4, -0.2) is 33.9 Å². The second kappa shape index (κ2) is 11.4. The number of carbonyl (C=O) groups is 1. The van der Waals surface area contributed by atoms with Crippen LogP contribution < -0.4 is 5.32 Å². The Morgan fingerprint density at radius 1 is 1.28 bits per heavy atom. The van der Waals surface area contributed by atoms with Crippen LogP contribution in [0.2, 0.25) is 0 Å². The Hall–Kier alpha value is -3.28. The summed E-state index contributed by atoms with van der Waals surface area (Å²) in [5.41, 5.74) is 2.38. The maximum atomic E-state index is 13.7. The van der Waals surface area contributed by atoms with E-state index in [-0.39, 0.29) is 17.6 Å². The molecule has 1 fully saturated rings. The smallest absolute Gasteiger partial charge is 0.219 e. The van der Waals surface area contributed by atoms with Crippen LogP contribution >= 0.6 is 0 Å². The minimum atomic E-state index is -0.311. The summed E-state index contributed by atoms with van der Waals surface area (Å²) in [6.45, 7) is 7.05. The number of hydrogen-bond donors (Lipinski definition) is 1. The van der Waals surface area contributed by atoms with Crippen LogP contribution in [0.3, 0.4) is 0 Å². The lowest BCUT2D eigenvalue weighted by molar-refractivity contribution is -0.130. The van der Waals surface area contributed by atoms with Crippen LogP contribution in [0.15, 0.2) is 60.7 Å². The molecule has 1 amide bonds. The molecule has 1 aliphatic heterocycles. The van der Waals surface area contributed by atoms with Crippen molar-refractivity contribution in [2.45, 2.75) is 46.0 Å². The van der Waals surface area contributed by atoms with Crippen LogP contribution in [0.25, 0.3) is 5.57 Å². The second-order valence-corrected chi connectivity index (χ2v) is 7.88. The van der Waals surface area contributed by atoms with E-state index in [0.717, 1.165) is 37.1 Å². The van der Waals surface area contributed by atoms with Crippen LogP contribution in [0.1, 0.15) is 57.5 Å². The van der Waals surface area contributed by atoms with E-state index < -0.39 is 0 Å². The van der Waals surface area contributed by atoms with Crippen molar-refractivity contribution in [2.24, 2.45) is 0 Å². The van der Waals surface area contributed by atoms with E-state index in [1.54, 1.807) is 19.1 Å². The molecule has 0 saturated carbocycles. The van der Waals surface area contributed by atoms with Gasteiger partial charge in [-0.2, -0.15) is 0 Å². The molecule has 1 atom stereocenters. The monoisotopic (exact) mass is 434 g/mol.